The van der Waals surface area contributed by atoms with E-state index in [0.717, 1.165) is 6.08 Å². The fourth-order valence-corrected chi connectivity index (χ4v) is 4.26. The molecule has 0 N–H and O–H groups in total. The van der Waals surface area contributed by atoms with E-state index in [-0.39, 0.29) is 5.75 Å². The number of hydrogen-bond donors (Lipinski definition) is 0. The van der Waals surface area contributed by atoms with Gasteiger partial charge in [0.1, 0.15) is 11.5 Å². The summed E-state index contributed by atoms with van der Waals surface area (Å²) in [4.78, 5) is 11.6. The van der Waals surface area contributed by atoms with Crippen LogP contribution in [-0.2, 0) is 4.79 Å². The smallest absolute Gasteiger partial charge is 0.484 e. The zero-order valence-corrected chi connectivity index (χ0v) is 16.4. The van der Waals surface area contributed by atoms with Crippen LogP contribution in [0.15, 0.2) is 97.6 Å². The van der Waals surface area contributed by atoms with E-state index >= 15 is 0 Å². The largest absolute Gasteiger partial charge is 0.696 e. The molecule has 5 nitrogen and oxygen atoms in total. The van der Waals surface area contributed by atoms with Crippen LogP contribution in [0.25, 0.3) is 0 Å². The van der Waals surface area contributed by atoms with Crippen LogP contribution in [0.3, 0.4) is 0 Å². The number of esters is 1. The van der Waals surface area contributed by atoms with Gasteiger partial charge in [-0.2, -0.15) is 0 Å². The Labute approximate surface area is 165 Å². The molecule has 0 aromatic heterocycles. The van der Waals surface area contributed by atoms with Gasteiger partial charge < -0.3 is 18.0 Å². The molecule has 0 bridgehead atoms. The molecular weight excluding hydrogens is 372 g/mol. The third-order valence-electron chi connectivity index (χ3n) is 3.61. The summed E-state index contributed by atoms with van der Waals surface area (Å²) in [5, 5.41) is 0. The first-order valence-corrected chi connectivity index (χ1v) is 10.9. The van der Waals surface area contributed by atoms with E-state index < -0.39 is 14.8 Å². The zero-order valence-electron chi connectivity index (χ0n) is 15.4. The average Bonchev–Trinajstić information content (AvgIpc) is 2.70. The summed E-state index contributed by atoms with van der Waals surface area (Å²) in [6.07, 6.45) is 1.09. The first kappa shape index (κ1) is 19.3. The Morgan fingerprint density at radius 2 is 1.21 bits per heavy atom. The molecule has 0 spiro atoms. The Hall–Kier alpha value is -3.51. The lowest BCUT2D eigenvalue weighted by molar-refractivity contribution is -0.129. The number of rotatable bonds is 8. The van der Waals surface area contributed by atoms with E-state index in [9.17, 15) is 4.79 Å². The van der Waals surface area contributed by atoms with Gasteiger partial charge in [-0.15, -0.1) is 0 Å². The standard InChI is InChI=1S/C22H20O5Si/c1-3-22(23)24-20-16-10-11-17-21(20)27-28(2,25-18-12-6-4-7-13-18)26-19-14-8-5-9-15-19/h3-17H,1H2,2H3. The molecule has 6 heteroatoms. The van der Waals surface area contributed by atoms with Crippen LogP contribution < -0.4 is 18.0 Å². The van der Waals surface area contributed by atoms with Crippen molar-refractivity contribution in [1.29, 1.82) is 0 Å². The summed E-state index contributed by atoms with van der Waals surface area (Å²) >= 11 is 0. The van der Waals surface area contributed by atoms with Crippen molar-refractivity contribution in [2.75, 3.05) is 0 Å². The second-order valence-corrected chi connectivity index (χ2v) is 8.20. The van der Waals surface area contributed by atoms with Gasteiger partial charge in [0.05, 0.1) is 0 Å². The van der Waals surface area contributed by atoms with Crippen molar-refractivity contribution in [1.82, 2.24) is 0 Å². The van der Waals surface area contributed by atoms with Crippen LogP contribution in [0.5, 0.6) is 23.0 Å². The summed E-state index contributed by atoms with van der Waals surface area (Å²) in [6.45, 7) is 5.19. The lowest BCUT2D eigenvalue weighted by Crippen LogP contribution is -2.52. The lowest BCUT2D eigenvalue weighted by Gasteiger charge is -2.28. The second kappa shape index (κ2) is 8.92. The molecule has 28 heavy (non-hydrogen) atoms. The number of ether oxygens (including phenoxy) is 1. The van der Waals surface area contributed by atoms with Crippen molar-refractivity contribution in [3.8, 4) is 23.0 Å². The highest BCUT2D eigenvalue weighted by Gasteiger charge is 2.43. The van der Waals surface area contributed by atoms with Crippen molar-refractivity contribution in [3.63, 3.8) is 0 Å². The molecule has 142 valence electrons. The second-order valence-electron chi connectivity index (χ2n) is 5.87. The maximum atomic E-state index is 11.6. The highest BCUT2D eigenvalue weighted by Crippen LogP contribution is 2.31. The molecule has 0 fully saturated rings. The molecule has 3 aromatic carbocycles. The summed E-state index contributed by atoms with van der Waals surface area (Å²) in [7, 11) is -3.28. The summed E-state index contributed by atoms with van der Waals surface area (Å²) in [5.74, 6) is 1.27. The Kier molecular flexibility index (Phi) is 6.13. The van der Waals surface area contributed by atoms with Crippen molar-refractivity contribution < 1.29 is 22.8 Å². The SMILES string of the molecule is C=CC(=O)Oc1ccccc1O[Si](C)(Oc1ccccc1)Oc1ccccc1. The highest BCUT2D eigenvalue weighted by atomic mass is 28.4. The molecule has 3 aromatic rings. The van der Waals surface area contributed by atoms with E-state index in [1.54, 1.807) is 30.8 Å². The van der Waals surface area contributed by atoms with Crippen LogP contribution in [0, 0.1) is 0 Å². The fourth-order valence-electron chi connectivity index (χ4n) is 2.44. The van der Waals surface area contributed by atoms with Gasteiger partial charge in [-0.3, -0.25) is 0 Å². The normalized spacial score (nSPS) is 10.6. The van der Waals surface area contributed by atoms with Gasteiger partial charge in [-0.25, -0.2) is 4.79 Å². The molecule has 0 aliphatic heterocycles. The molecule has 0 atom stereocenters. The third kappa shape index (κ3) is 5.25. The quantitative estimate of drug-likeness (QED) is 0.237. The predicted octanol–water partition coefficient (Wildman–Crippen LogP) is 4.88. The van der Waals surface area contributed by atoms with Crippen LogP contribution in [-0.4, -0.2) is 14.8 Å². The van der Waals surface area contributed by atoms with Crippen LogP contribution in [0.1, 0.15) is 0 Å². The average molecular weight is 392 g/mol. The van der Waals surface area contributed by atoms with Crippen molar-refractivity contribution in [2.24, 2.45) is 0 Å². The molecule has 0 radical (unpaired) electrons. The van der Waals surface area contributed by atoms with Crippen LogP contribution >= 0.6 is 0 Å². The van der Waals surface area contributed by atoms with Crippen LogP contribution in [0.4, 0.5) is 0 Å². The number of benzene rings is 3. The fraction of sp³-hybridized carbons (Fsp3) is 0.0455. The monoisotopic (exact) mass is 392 g/mol. The molecule has 0 aliphatic carbocycles. The van der Waals surface area contributed by atoms with Gasteiger partial charge in [0.2, 0.25) is 0 Å². The maximum absolute atomic E-state index is 11.6. The van der Waals surface area contributed by atoms with Gasteiger partial charge >= 0.3 is 14.8 Å². The number of carbonyl (C=O) groups excluding carboxylic acids is 1. The van der Waals surface area contributed by atoms with E-state index in [2.05, 4.69) is 6.58 Å². The Morgan fingerprint density at radius 3 is 1.71 bits per heavy atom. The Morgan fingerprint density at radius 1 is 0.750 bits per heavy atom. The van der Waals surface area contributed by atoms with Gasteiger partial charge in [-0.1, -0.05) is 55.1 Å². The van der Waals surface area contributed by atoms with Gasteiger partial charge in [-0.05, 0) is 36.4 Å². The van der Waals surface area contributed by atoms with E-state index in [1.165, 1.54) is 0 Å². The molecule has 0 unspecified atom stereocenters. The minimum absolute atomic E-state index is 0.263. The highest BCUT2D eigenvalue weighted by molar-refractivity contribution is 6.61. The summed E-state index contributed by atoms with van der Waals surface area (Å²) in [6, 6.07) is 25.4. The molecule has 0 amide bonds. The Balaban J connectivity index is 1.91. The molecule has 3 rings (SSSR count). The summed E-state index contributed by atoms with van der Waals surface area (Å²) in [5.41, 5.74) is 0. The third-order valence-corrected chi connectivity index (χ3v) is 5.42. The molecule has 0 heterocycles. The molecule has 0 saturated carbocycles. The van der Waals surface area contributed by atoms with E-state index in [4.69, 9.17) is 18.0 Å². The Bertz CT molecular complexity index is 886. The van der Waals surface area contributed by atoms with Gasteiger partial charge in [0.25, 0.3) is 0 Å². The minimum Gasteiger partial charge on any atom is -0.484 e. The van der Waals surface area contributed by atoms with Crippen molar-refractivity contribution in [3.05, 3.63) is 97.6 Å². The van der Waals surface area contributed by atoms with Crippen molar-refractivity contribution in [2.45, 2.75) is 6.55 Å². The predicted molar refractivity (Wildman–Crippen MR) is 109 cm³/mol. The number of carbonyl (C=O) groups is 1. The molecule has 0 aliphatic rings. The minimum atomic E-state index is -3.28. The topological polar surface area (TPSA) is 54.0 Å². The maximum Gasteiger partial charge on any atom is 0.696 e. The number of para-hydroxylation sites is 4. The van der Waals surface area contributed by atoms with Crippen LogP contribution in [0.2, 0.25) is 6.55 Å². The van der Waals surface area contributed by atoms with E-state index in [1.807, 2.05) is 60.7 Å². The lowest BCUT2D eigenvalue weighted by atomic mass is 10.3. The van der Waals surface area contributed by atoms with Gasteiger partial charge in [0, 0.05) is 12.6 Å². The summed E-state index contributed by atoms with van der Waals surface area (Å²) < 4.78 is 23.7. The molecule has 0 saturated heterocycles. The zero-order chi connectivity index (χ0) is 19.8. The number of hydrogen-bond acceptors (Lipinski definition) is 5. The first-order chi connectivity index (χ1) is 13.6. The van der Waals surface area contributed by atoms with Gasteiger partial charge in [0.15, 0.2) is 11.5 Å². The van der Waals surface area contributed by atoms with E-state index in [0.29, 0.717) is 17.2 Å². The first-order valence-electron chi connectivity index (χ1n) is 8.68. The molecular formula is C22H20O5Si. The van der Waals surface area contributed by atoms with Crippen molar-refractivity contribution >= 4 is 14.8 Å².